The highest BCUT2D eigenvalue weighted by Gasteiger charge is 1.99. The molecule has 5 nitrogen and oxygen atoms in total. The number of nitrogens with zero attached hydrogens (tertiary/aromatic N) is 3. The number of aliphatic imine (C=N–C) groups is 1. The van der Waals surface area contributed by atoms with Gasteiger partial charge in [0.15, 0.2) is 5.96 Å². The Morgan fingerprint density at radius 2 is 1.95 bits per heavy atom. The molecule has 0 saturated heterocycles. The molecular formula is C17H23N5. The zero-order chi connectivity index (χ0) is 15.6. The molecular weight excluding hydrogens is 274 g/mol. The maximum atomic E-state index is 5.86. The number of nitrogens with one attached hydrogen (secondary N) is 1. The Hall–Kier alpha value is -2.56. The predicted octanol–water partition coefficient (Wildman–Crippen LogP) is 1.66. The fourth-order valence-corrected chi connectivity index (χ4v) is 2.06. The van der Waals surface area contributed by atoms with Crippen LogP contribution in [0.2, 0.25) is 0 Å². The Morgan fingerprint density at radius 1 is 1.18 bits per heavy atom. The van der Waals surface area contributed by atoms with Crippen molar-refractivity contribution < 1.29 is 0 Å². The van der Waals surface area contributed by atoms with E-state index in [4.69, 9.17) is 5.73 Å². The highest BCUT2D eigenvalue weighted by molar-refractivity contribution is 5.77. The molecule has 0 amide bonds. The molecule has 116 valence electrons. The van der Waals surface area contributed by atoms with E-state index in [1.54, 1.807) is 6.20 Å². The lowest BCUT2D eigenvalue weighted by atomic mass is 10.3. The summed E-state index contributed by atoms with van der Waals surface area (Å²) in [5, 5.41) is 3.14. The molecule has 0 fully saturated rings. The van der Waals surface area contributed by atoms with Gasteiger partial charge in [-0.2, -0.15) is 0 Å². The van der Waals surface area contributed by atoms with Crippen molar-refractivity contribution in [1.29, 1.82) is 0 Å². The summed E-state index contributed by atoms with van der Waals surface area (Å²) in [6.45, 7) is 2.26. The lowest BCUT2D eigenvalue weighted by molar-refractivity contribution is 0.809. The van der Waals surface area contributed by atoms with Crippen molar-refractivity contribution in [2.24, 2.45) is 10.7 Å². The second-order valence-electron chi connectivity index (χ2n) is 5.02. The molecule has 0 aliphatic rings. The van der Waals surface area contributed by atoms with E-state index in [0.29, 0.717) is 12.5 Å². The molecule has 2 aromatic rings. The SMILES string of the molecule is CN(CCNC(N)=NCCc1ccccn1)c1ccccc1. The van der Waals surface area contributed by atoms with E-state index in [9.17, 15) is 0 Å². The largest absolute Gasteiger partial charge is 0.373 e. The predicted molar refractivity (Wildman–Crippen MR) is 92.1 cm³/mol. The van der Waals surface area contributed by atoms with Crippen molar-refractivity contribution >= 4 is 11.6 Å². The summed E-state index contributed by atoms with van der Waals surface area (Å²) in [6.07, 6.45) is 2.59. The van der Waals surface area contributed by atoms with Gasteiger partial charge < -0.3 is 16.0 Å². The number of rotatable bonds is 7. The minimum Gasteiger partial charge on any atom is -0.373 e. The molecule has 0 spiro atoms. The summed E-state index contributed by atoms with van der Waals surface area (Å²) < 4.78 is 0. The van der Waals surface area contributed by atoms with Crippen molar-refractivity contribution in [2.75, 3.05) is 31.6 Å². The number of likely N-dealkylation sites (N-methyl/N-ethyl adjacent to an activating group) is 1. The number of anilines is 1. The molecule has 2 rings (SSSR count). The van der Waals surface area contributed by atoms with Crippen LogP contribution in [0.5, 0.6) is 0 Å². The van der Waals surface area contributed by atoms with Crippen LogP contribution in [0.3, 0.4) is 0 Å². The van der Waals surface area contributed by atoms with Crippen LogP contribution < -0.4 is 16.0 Å². The zero-order valence-electron chi connectivity index (χ0n) is 12.9. The van der Waals surface area contributed by atoms with Crippen molar-refractivity contribution in [1.82, 2.24) is 10.3 Å². The molecule has 3 N–H and O–H groups in total. The zero-order valence-corrected chi connectivity index (χ0v) is 12.9. The van der Waals surface area contributed by atoms with Crippen LogP contribution in [0.25, 0.3) is 0 Å². The molecule has 1 aromatic heterocycles. The Bertz CT molecular complexity index is 568. The van der Waals surface area contributed by atoms with Crippen molar-refractivity contribution in [2.45, 2.75) is 6.42 Å². The maximum absolute atomic E-state index is 5.86. The van der Waals surface area contributed by atoms with Gasteiger partial charge in [0.05, 0.1) is 0 Å². The maximum Gasteiger partial charge on any atom is 0.188 e. The number of nitrogens with two attached hydrogens (primary N) is 1. The number of hydrogen-bond donors (Lipinski definition) is 2. The lowest BCUT2D eigenvalue weighted by Gasteiger charge is -2.19. The number of benzene rings is 1. The lowest BCUT2D eigenvalue weighted by Crippen LogP contribution is -2.37. The van der Waals surface area contributed by atoms with E-state index in [-0.39, 0.29) is 0 Å². The fraction of sp³-hybridized carbons (Fsp3) is 0.294. The molecule has 0 unspecified atom stereocenters. The Labute approximate surface area is 131 Å². The van der Waals surface area contributed by atoms with Crippen LogP contribution in [0.15, 0.2) is 59.7 Å². The van der Waals surface area contributed by atoms with Crippen LogP contribution in [-0.4, -0.2) is 37.6 Å². The summed E-state index contributed by atoms with van der Waals surface area (Å²) in [6, 6.07) is 16.1. The summed E-state index contributed by atoms with van der Waals surface area (Å²) in [7, 11) is 2.06. The van der Waals surface area contributed by atoms with Gasteiger partial charge in [0.1, 0.15) is 0 Å². The summed E-state index contributed by atoms with van der Waals surface area (Å²) in [4.78, 5) is 10.7. The Morgan fingerprint density at radius 3 is 2.68 bits per heavy atom. The first kappa shape index (κ1) is 15.8. The Kier molecular flexibility index (Phi) is 6.23. The van der Waals surface area contributed by atoms with Crippen LogP contribution >= 0.6 is 0 Å². The summed E-state index contributed by atoms with van der Waals surface area (Å²) >= 11 is 0. The van der Waals surface area contributed by atoms with Gasteiger partial charge in [-0.05, 0) is 24.3 Å². The van der Waals surface area contributed by atoms with Crippen molar-refractivity contribution in [3.8, 4) is 0 Å². The smallest absolute Gasteiger partial charge is 0.188 e. The standard InChI is InChI=1S/C17H23N5/c1-22(16-8-3-2-4-9-16)14-13-21-17(18)20-12-10-15-7-5-6-11-19-15/h2-9,11H,10,12-14H2,1H3,(H3,18,20,21). The average Bonchev–Trinajstić information content (AvgIpc) is 2.56. The normalized spacial score (nSPS) is 11.2. The molecule has 0 aliphatic heterocycles. The summed E-state index contributed by atoms with van der Waals surface area (Å²) in [5.74, 6) is 0.484. The molecule has 0 atom stereocenters. The molecule has 1 heterocycles. The topological polar surface area (TPSA) is 66.5 Å². The second-order valence-corrected chi connectivity index (χ2v) is 5.02. The van der Waals surface area contributed by atoms with E-state index in [2.05, 4.69) is 39.4 Å². The third-order valence-electron chi connectivity index (χ3n) is 3.33. The number of guanidine groups is 1. The second kappa shape index (κ2) is 8.67. The first-order valence-electron chi connectivity index (χ1n) is 7.45. The van der Waals surface area contributed by atoms with Gasteiger partial charge in [0, 0.05) is 50.7 Å². The number of aromatic nitrogens is 1. The van der Waals surface area contributed by atoms with Crippen molar-refractivity contribution in [3.63, 3.8) is 0 Å². The molecule has 0 aliphatic carbocycles. The van der Waals surface area contributed by atoms with Gasteiger partial charge in [-0.25, -0.2) is 0 Å². The fourth-order valence-electron chi connectivity index (χ4n) is 2.06. The third-order valence-corrected chi connectivity index (χ3v) is 3.33. The minimum absolute atomic E-state index is 0.484. The van der Waals surface area contributed by atoms with Gasteiger partial charge in [0.25, 0.3) is 0 Å². The molecule has 0 saturated carbocycles. The quantitative estimate of drug-likeness (QED) is 0.602. The van der Waals surface area contributed by atoms with Gasteiger partial charge in [0.2, 0.25) is 0 Å². The number of hydrogen-bond acceptors (Lipinski definition) is 3. The van der Waals surface area contributed by atoms with Gasteiger partial charge >= 0.3 is 0 Å². The molecule has 0 radical (unpaired) electrons. The highest BCUT2D eigenvalue weighted by atomic mass is 15.1. The average molecular weight is 297 g/mol. The van der Waals surface area contributed by atoms with Crippen molar-refractivity contribution in [3.05, 3.63) is 60.4 Å². The van der Waals surface area contributed by atoms with E-state index >= 15 is 0 Å². The van der Waals surface area contributed by atoms with Crippen LogP contribution in [0, 0.1) is 0 Å². The van der Waals surface area contributed by atoms with E-state index in [1.165, 1.54) is 5.69 Å². The van der Waals surface area contributed by atoms with Gasteiger partial charge in [-0.3, -0.25) is 9.98 Å². The molecule has 1 aromatic carbocycles. The van der Waals surface area contributed by atoms with Gasteiger partial charge in [-0.15, -0.1) is 0 Å². The summed E-state index contributed by atoms with van der Waals surface area (Å²) in [5.41, 5.74) is 8.08. The molecule has 0 bridgehead atoms. The molecule has 5 heteroatoms. The monoisotopic (exact) mass is 297 g/mol. The first-order chi connectivity index (χ1) is 10.8. The first-order valence-corrected chi connectivity index (χ1v) is 7.45. The van der Waals surface area contributed by atoms with E-state index < -0.39 is 0 Å². The van der Waals surface area contributed by atoms with E-state index in [1.807, 2.05) is 36.4 Å². The Balaban J connectivity index is 1.67. The highest BCUT2D eigenvalue weighted by Crippen LogP contribution is 2.09. The van der Waals surface area contributed by atoms with Crippen LogP contribution in [0.4, 0.5) is 5.69 Å². The van der Waals surface area contributed by atoms with Gasteiger partial charge in [-0.1, -0.05) is 24.3 Å². The third kappa shape index (κ3) is 5.44. The number of pyridine rings is 1. The minimum atomic E-state index is 0.484. The van der Waals surface area contributed by atoms with E-state index in [0.717, 1.165) is 25.2 Å². The van der Waals surface area contributed by atoms with Crippen LogP contribution in [0.1, 0.15) is 5.69 Å². The van der Waals surface area contributed by atoms with Crippen LogP contribution in [-0.2, 0) is 6.42 Å². The number of para-hydroxylation sites is 1. The molecule has 22 heavy (non-hydrogen) atoms.